The third-order valence-electron chi connectivity index (χ3n) is 2.80. The van der Waals surface area contributed by atoms with E-state index in [-0.39, 0.29) is 5.82 Å². The van der Waals surface area contributed by atoms with E-state index in [1.807, 2.05) is 0 Å². The van der Waals surface area contributed by atoms with Gasteiger partial charge < -0.3 is 15.4 Å². The first-order valence-corrected chi connectivity index (χ1v) is 6.04. The number of rotatable bonds is 7. The molecule has 0 bridgehead atoms. The van der Waals surface area contributed by atoms with Crippen LogP contribution in [0, 0.1) is 5.82 Å². The molecule has 0 aliphatic rings. The van der Waals surface area contributed by atoms with Crippen LogP contribution in [0.4, 0.5) is 4.39 Å². The Morgan fingerprint density at radius 2 is 2.00 bits per heavy atom. The maximum absolute atomic E-state index is 13.0. The van der Waals surface area contributed by atoms with E-state index >= 15 is 0 Å². The molecule has 0 atom stereocenters. The van der Waals surface area contributed by atoms with E-state index in [1.54, 1.807) is 6.07 Å². The molecule has 0 radical (unpaired) electrons. The van der Waals surface area contributed by atoms with Crippen molar-refractivity contribution in [1.82, 2.24) is 4.90 Å². The second-order valence-electron chi connectivity index (χ2n) is 3.83. The van der Waals surface area contributed by atoms with Crippen LogP contribution in [-0.4, -0.2) is 31.1 Å². The SMILES string of the molecule is CCN(CC)CCOc1ccc(F)cc1CN. The summed E-state index contributed by atoms with van der Waals surface area (Å²) in [6.07, 6.45) is 0. The summed E-state index contributed by atoms with van der Waals surface area (Å²) < 4.78 is 18.6. The molecule has 3 nitrogen and oxygen atoms in total. The largest absolute Gasteiger partial charge is 0.492 e. The standard InChI is InChI=1S/C13H21FN2O/c1-3-16(4-2)7-8-17-13-6-5-12(14)9-11(13)10-15/h5-6,9H,3-4,7-8,10,15H2,1-2H3. The van der Waals surface area contributed by atoms with Gasteiger partial charge in [0.25, 0.3) is 0 Å². The molecule has 0 saturated heterocycles. The Labute approximate surface area is 102 Å². The first kappa shape index (κ1) is 13.9. The van der Waals surface area contributed by atoms with Crippen LogP contribution in [0.5, 0.6) is 5.75 Å². The van der Waals surface area contributed by atoms with Crippen LogP contribution < -0.4 is 10.5 Å². The highest BCUT2D eigenvalue weighted by atomic mass is 19.1. The zero-order valence-electron chi connectivity index (χ0n) is 10.6. The number of benzene rings is 1. The molecule has 0 fully saturated rings. The van der Waals surface area contributed by atoms with E-state index in [9.17, 15) is 4.39 Å². The minimum Gasteiger partial charge on any atom is -0.492 e. The quantitative estimate of drug-likeness (QED) is 0.792. The summed E-state index contributed by atoms with van der Waals surface area (Å²) in [5.41, 5.74) is 6.26. The maximum atomic E-state index is 13.0. The lowest BCUT2D eigenvalue weighted by atomic mass is 10.2. The maximum Gasteiger partial charge on any atom is 0.124 e. The molecule has 0 saturated carbocycles. The molecule has 96 valence electrons. The lowest BCUT2D eigenvalue weighted by molar-refractivity contribution is 0.221. The summed E-state index contributed by atoms with van der Waals surface area (Å²) >= 11 is 0. The highest BCUT2D eigenvalue weighted by Gasteiger charge is 2.05. The fraction of sp³-hybridized carbons (Fsp3) is 0.538. The molecule has 2 N–H and O–H groups in total. The van der Waals surface area contributed by atoms with Crippen LogP contribution in [0.3, 0.4) is 0 Å². The molecule has 1 rings (SSSR count). The van der Waals surface area contributed by atoms with Gasteiger partial charge in [-0.05, 0) is 31.3 Å². The van der Waals surface area contributed by atoms with Crippen LogP contribution in [0.2, 0.25) is 0 Å². The Kier molecular flexibility index (Phi) is 5.94. The molecular formula is C13H21FN2O. The predicted molar refractivity (Wildman–Crippen MR) is 67.6 cm³/mol. The van der Waals surface area contributed by atoms with Gasteiger partial charge >= 0.3 is 0 Å². The van der Waals surface area contributed by atoms with Gasteiger partial charge in [0.2, 0.25) is 0 Å². The second kappa shape index (κ2) is 7.25. The third kappa shape index (κ3) is 4.32. The molecular weight excluding hydrogens is 219 g/mol. The van der Waals surface area contributed by atoms with Crippen molar-refractivity contribution in [1.29, 1.82) is 0 Å². The molecule has 0 aromatic heterocycles. The lowest BCUT2D eigenvalue weighted by Gasteiger charge is -2.18. The molecule has 1 aromatic carbocycles. The van der Waals surface area contributed by atoms with E-state index in [2.05, 4.69) is 18.7 Å². The van der Waals surface area contributed by atoms with E-state index in [0.717, 1.165) is 19.6 Å². The zero-order chi connectivity index (χ0) is 12.7. The average Bonchev–Trinajstić information content (AvgIpc) is 2.36. The van der Waals surface area contributed by atoms with Crippen molar-refractivity contribution in [2.45, 2.75) is 20.4 Å². The monoisotopic (exact) mass is 240 g/mol. The second-order valence-corrected chi connectivity index (χ2v) is 3.83. The number of hydrogen-bond donors (Lipinski definition) is 1. The van der Waals surface area contributed by atoms with Crippen LogP contribution in [-0.2, 0) is 6.54 Å². The van der Waals surface area contributed by atoms with Crippen molar-refractivity contribution in [3.8, 4) is 5.75 Å². The van der Waals surface area contributed by atoms with Gasteiger partial charge in [0.05, 0.1) is 0 Å². The number of likely N-dealkylation sites (N-methyl/N-ethyl adjacent to an activating group) is 1. The van der Waals surface area contributed by atoms with Gasteiger partial charge in [-0.3, -0.25) is 0 Å². The van der Waals surface area contributed by atoms with E-state index in [4.69, 9.17) is 10.5 Å². The van der Waals surface area contributed by atoms with Crippen molar-refractivity contribution < 1.29 is 9.13 Å². The fourth-order valence-electron chi connectivity index (χ4n) is 1.67. The topological polar surface area (TPSA) is 38.5 Å². The van der Waals surface area contributed by atoms with E-state index in [1.165, 1.54) is 12.1 Å². The van der Waals surface area contributed by atoms with Gasteiger partial charge in [-0.25, -0.2) is 4.39 Å². The van der Waals surface area contributed by atoms with E-state index < -0.39 is 0 Å². The van der Waals surface area contributed by atoms with Crippen LogP contribution in [0.1, 0.15) is 19.4 Å². The molecule has 0 spiro atoms. The molecule has 17 heavy (non-hydrogen) atoms. The van der Waals surface area contributed by atoms with Gasteiger partial charge in [-0.1, -0.05) is 13.8 Å². The molecule has 0 aliphatic carbocycles. The van der Waals surface area contributed by atoms with Gasteiger partial charge in [-0.2, -0.15) is 0 Å². The Morgan fingerprint density at radius 1 is 1.29 bits per heavy atom. The van der Waals surface area contributed by atoms with Crippen molar-refractivity contribution in [2.24, 2.45) is 5.73 Å². The van der Waals surface area contributed by atoms with Gasteiger partial charge in [0, 0.05) is 18.7 Å². The Morgan fingerprint density at radius 3 is 2.59 bits per heavy atom. The summed E-state index contributed by atoms with van der Waals surface area (Å²) in [4.78, 5) is 2.27. The molecule has 0 heterocycles. The van der Waals surface area contributed by atoms with Crippen molar-refractivity contribution >= 4 is 0 Å². The predicted octanol–water partition coefficient (Wildman–Crippen LogP) is 2.00. The molecule has 1 aromatic rings. The highest BCUT2D eigenvalue weighted by Crippen LogP contribution is 2.18. The summed E-state index contributed by atoms with van der Waals surface area (Å²) in [6, 6.07) is 4.46. The molecule has 0 aliphatic heterocycles. The number of ether oxygens (including phenoxy) is 1. The van der Waals surface area contributed by atoms with Crippen LogP contribution in [0.15, 0.2) is 18.2 Å². The summed E-state index contributed by atoms with van der Waals surface area (Å²) in [5.74, 6) is 0.405. The highest BCUT2D eigenvalue weighted by molar-refractivity contribution is 5.33. The van der Waals surface area contributed by atoms with Gasteiger partial charge in [0.1, 0.15) is 18.2 Å². The number of nitrogens with zero attached hydrogens (tertiary/aromatic N) is 1. The smallest absolute Gasteiger partial charge is 0.124 e. The first-order chi connectivity index (χ1) is 8.21. The Balaban J connectivity index is 2.51. The summed E-state index contributed by atoms with van der Waals surface area (Å²) in [6.45, 7) is 8.01. The molecule has 4 heteroatoms. The van der Waals surface area contributed by atoms with Crippen LogP contribution >= 0.6 is 0 Å². The van der Waals surface area contributed by atoms with Crippen molar-refractivity contribution in [3.63, 3.8) is 0 Å². The fourth-order valence-corrected chi connectivity index (χ4v) is 1.67. The number of hydrogen-bond acceptors (Lipinski definition) is 3. The van der Waals surface area contributed by atoms with E-state index in [0.29, 0.717) is 24.5 Å². The van der Waals surface area contributed by atoms with Gasteiger partial charge in [-0.15, -0.1) is 0 Å². The first-order valence-electron chi connectivity index (χ1n) is 6.04. The zero-order valence-corrected chi connectivity index (χ0v) is 10.6. The Bertz CT molecular complexity index is 340. The van der Waals surface area contributed by atoms with Crippen LogP contribution in [0.25, 0.3) is 0 Å². The number of nitrogens with two attached hydrogens (primary N) is 1. The summed E-state index contributed by atoms with van der Waals surface area (Å²) in [5, 5.41) is 0. The van der Waals surface area contributed by atoms with Crippen molar-refractivity contribution in [3.05, 3.63) is 29.6 Å². The molecule has 0 unspecified atom stereocenters. The van der Waals surface area contributed by atoms with Crippen molar-refractivity contribution in [2.75, 3.05) is 26.2 Å². The minimum absolute atomic E-state index is 0.276. The van der Waals surface area contributed by atoms with Gasteiger partial charge in [0.15, 0.2) is 0 Å². The summed E-state index contributed by atoms with van der Waals surface area (Å²) in [7, 11) is 0. The molecule has 0 amide bonds. The third-order valence-corrected chi connectivity index (χ3v) is 2.80. The Hall–Kier alpha value is -1.13. The minimum atomic E-state index is -0.276. The number of halogens is 1. The lowest BCUT2D eigenvalue weighted by Crippen LogP contribution is -2.28. The normalized spacial score (nSPS) is 10.9. The average molecular weight is 240 g/mol.